The van der Waals surface area contributed by atoms with Crippen molar-refractivity contribution in [1.82, 2.24) is 10.2 Å². The SMILES string of the molecule is COCCN(CCOC)CC1(CNCC(C)C)CCCC1. The van der Waals surface area contributed by atoms with Crippen LogP contribution in [0.5, 0.6) is 0 Å². The summed E-state index contributed by atoms with van der Waals surface area (Å²) in [6.07, 6.45) is 5.47. The minimum Gasteiger partial charge on any atom is -0.383 e. The Morgan fingerprint density at radius 1 is 1.05 bits per heavy atom. The minimum absolute atomic E-state index is 0.455. The highest BCUT2D eigenvalue weighted by atomic mass is 16.5. The lowest BCUT2D eigenvalue weighted by atomic mass is 9.85. The summed E-state index contributed by atoms with van der Waals surface area (Å²) in [5, 5.41) is 3.70. The van der Waals surface area contributed by atoms with E-state index in [1.807, 2.05) is 0 Å². The Labute approximate surface area is 131 Å². The van der Waals surface area contributed by atoms with Gasteiger partial charge in [-0.25, -0.2) is 0 Å². The fourth-order valence-corrected chi connectivity index (χ4v) is 3.33. The molecule has 0 aromatic rings. The smallest absolute Gasteiger partial charge is 0.0589 e. The van der Waals surface area contributed by atoms with Gasteiger partial charge < -0.3 is 14.8 Å². The molecular formula is C17H36N2O2. The number of hydrogen-bond acceptors (Lipinski definition) is 4. The third-order valence-corrected chi connectivity index (χ3v) is 4.50. The van der Waals surface area contributed by atoms with E-state index in [1.165, 1.54) is 32.2 Å². The molecule has 4 nitrogen and oxygen atoms in total. The normalized spacial score (nSPS) is 18.0. The van der Waals surface area contributed by atoms with Crippen LogP contribution in [0, 0.1) is 11.3 Å². The summed E-state index contributed by atoms with van der Waals surface area (Å²) in [6, 6.07) is 0. The summed E-state index contributed by atoms with van der Waals surface area (Å²) in [5.74, 6) is 0.724. The first-order chi connectivity index (χ1) is 10.1. The van der Waals surface area contributed by atoms with Crippen molar-refractivity contribution in [3.63, 3.8) is 0 Å². The van der Waals surface area contributed by atoms with Crippen LogP contribution in [0.1, 0.15) is 39.5 Å². The van der Waals surface area contributed by atoms with Gasteiger partial charge in [-0.15, -0.1) is 0 Å². The standard InChI is InChI=1S/C17H36N2O2/c1-16(2)13-18-14-17(7-5-6-8-17)15-19(9-11-20-3)10-12-21-4/h16,18H,5-15H2,1-4H3. The van der Waals surface area contributed by atoms with E-state index in [9.17, 15) is 0 Å². The first kappa shape index (κ1) is 18.9. The van der Waals surface area contributed by atoms with Gasteiger partial charge in [0.2, 0.25) is 0 Å². The number of rotatable bonds is 12. The van der Waals surface area contributed by atoms with Gasteiger partial charge >= 0.3 is 0 Å². The summed E-state index contributed by atoms with van der Waals surface area (Å²) < 4.78 is 10.5. The molecule has 0 saturated heterocycles. The first-order valence-electron chi connectivity index (χ1n) is 8.53. The highest BCUT2D eigenvalue weighted by molar-refractivity contribution is 4.89. The van der Waals surface area contributed by atoms with Crippen molar-refractivity contribution in [2.75, 3.05) is 60.2 Å². The van der Waals surface area contributed by atoms with Gasteiger partial charge in [-0.05, 0) is 30.7 Å². The van der Waals surface area contributed by atoms with E-state index in [-0.39, 0.29) is 0 Å². The number of methoxy groups -OCH3 is 2. The maximum Gasteiger partial charge on any atom is 0.0589 e. The van der Waals surface area contributed by atoms with Crippen molar-refractivity contribution < 1.29 is 9.47 Å². The number of ether oxygens (including phenoxy) is 2. The fraction of sp³-hybridized carbons (Fsp3) is 1.00. The minimum atomic E-state index is 0.455. The molecule has 0 aliphatic heterocycles. The third-order valence-electron chi connectivity index (χ3n) is 4.50. The highest BCUT2D eigenvalue weighted by Gasteiger charge is 2.35. The molecule has 1 saturated carbocycles. The Hall–Kier alpha value is -0.160. The number of hydrogen-bond donors (Lipinski definition) is 1. The third kappa shape index (κ3) is 7.59. The van der Waals surface area contributed by atoms with E-state index in [0.29, 0.717) is 5.41 Å². The van der Waals surface area contributed by atoms with E-state index < -0.39 is 0 Å². The highest BCUT2D eigenvalue weighted by Crippen LogP contribution is 2.38. The molecule has 1 N–H and O–H groups in total. The second-order valence-corrected chi connectivity index (χ2v) is 6.99. The van der Waals surface area contributed by atoms with Gasteiger partial charge in [-0.2, -0.15) is 0 Å². The molecule has 0 amide bonds. The number of nitrogens with zero attached hydrogens (tertiary/aromatic N) is 1. The molecule has 1 aliphatic carbocycles. The van der Waals surface area contributed by atoms with Crippen molar-refractivity contribution >= 4 is 0 Å². The Bertz CT molecular complexity index is 245. The summed E-state index contributed by atoms with van der Waals surface area (Å²) in [5.41, 5.74) is 0.455. The molecule has 0 aromatic carbocycles. The molecule has 0 unspecified atom stereocenters. The molecule has 0 heterocycles. The average Bonchev–Trinajstić information content (AvgIpc) is 2.90. The van der Waals surface area contributed by atoms with Crippen LogP contribution in [-0.4, -0.2) is 65.1 Å². The molecule has 0 bridgehead atoms. The van der Waals surface area contributed by atoms with Gasteiger partial charge in [0.1, 0.15) is 0 Å². The van der Waals surface area contributed by atoms with Crippen molar-refractivity contribution in [2.24, 2.45) is 11.3 Å². The molecule has 0 atom stereocenters. The van der Waals surface area contributed by atoms with Crippen molar-refractivity contribution in [2.45, 2.75) is 39.5 Å². The van der Waals surface area contributed by atoms with Crippen LogP contribution >= 0.6 is 0 Å². The van der Waals surface area contributed by atoms with E-state index in [4.69, 9.17) is 9.47 Å². The lowest BCUT2D eigenvalue weighted by Crippen LogP contribution is -2.45. The lowest BCUT2D eigenvalue weighted by molar-refractivity contribution is 0.0793. The van der Waals surface area contributed by atoms with E-state index >= 15 is 0 Å². The van der Waals surface area contributed by atoms with Gasteiger partial charge in [-0.3, -0.25) is 4.90 Å². The van der Waals surface area contributed by atoms with E-state index in [0.717, 1.165) is 45.3 Å². The Kier molecular flexibility index (Phi) is 9.49. The second-order valence-electron chi connectivity index (χ2n) is 6.99. The van der Waals surface area contributed by atoms with E-state index in [1.54, 1.807) is 14.2 Å². The maximum atomic E-state index is 5.26. The molecule has 126 valence electrons. The largest absolute Gasteiger partial charge is 0.383 e. The van der Waals surface area contributed by atoms with Crippen molar-refractivity contribution in [1.29, 1.82) is 0 Å². The van der Waals surface area contributed by atoms with Gasteiger partial charge in [-0.1, -0.05) is 26.7 Å². The van der Waals surface area contributed by atoms with Crippen LogP contribution in [0.25, 0.3) is 0 Å². The topological polar surface area (TPSA) is 33.7 Å². The quantitative estimate of drug-likeness (QED) is 0.600. The molecule has 0 spiro atoms. The van der Waals surface area contributed by atoms with Crippen LogP contribution in [0.2, 0.25) is 0 Å². The Balaban J connectivity index is 2.51. The molecule has 1 fully saturated rings. The zero-order valence-corrected chi connectivity index (χ0v) is 14.6. The van der Waals surface area contributed by atoms with Crippen molar-refractivity contribution in [3.8, 4) is 0 Å². The van der Waals surface area contributed by atoms with Gasteiger partial charge in [0, 0.05) is 40.4 Å². The summed E-state index contributed by atoms with van der Waals surface area (Å²) >= 11 is 0. The lowest BCUT2D eigenvalue weighted by Gasteiger charge is -2.36. The fourth-order valence-electron chi connectivity index (χ4n) is 3.33. The summed E-state index contributed by atoms with van der Waals surface area (Å²) in [4.78, 5) is 2.52. The van der Waals surface area contributed by atoms with Gasteiger partial charge in [0.05, 0.1) is 13.2 Å². The van der Waals surface area contributed by atoms with E-state index in [2.05, 4.69) is 24.1 Å². The van der Waals surface area contributed by atoms with Crippen molar-refractivity contribution in [3.05, 3.63) is 0 Å². The predicted molar refractivity (Wildman–Crippen MR) is 88.8 cm³/mol. The van der Waals surface area contributed by atoms with Crippen LogP contribution in [0.3, 0.4) is 0 Å². The number of nitrogens with one attached hydrogen (secondary N) is 1. The molecule has 0 radical (unpaired) electrons. The molecular weight excluding hydrogens is 264 g/mol. The zero-order chi connectivity index (χ0) is 15.6. The average molecular weight is 300 g/mol. The van der Waals surface area contributed by atoms with Crippen LogP contribution in [0.4, 0.5) is 0 Å². The van der Waals surface area contributed by atoms with Crippen LogP contribution in [-0.2, 0) is 9.47 Å². The molecule has 0 aromatic heterocycles. The van der Waals surface area contributed by atoms with Crippen LogP contribution in [0.15, 0.2) is 0 Å². The predicted octanol–water partition coefficient (Wildman–Crippen LogP) is 2.39. The first-order valence-corrected chi connectivity index (χ1v) is 8.53. The molecule has 1 rings (SSSR count). The zero-order valence-electron chi connectivity index (χ0n) is 14.6. The summed E-state index contributed by atoms with van der Waals surface area (Å²) in [6.45, 7) is 11.6. The Morgan fingerprint density at radius 3 is 2.10 bits per heavy atom. The Morgan fingerprint density at radius 2 is 1.62 bits per heavy atom. The van der Waals surface area contributed by atoms with Gasteiger partial charge in [0.25, 0.3) is 0 Å². The maximum absolute atomic E-state index is 5.26. The molecule has 1 aliphatic rings. The second kappa shape index (κ2) is 10.5. The summed E-state index contributed by atoms with van der Waals surface area (Å²) in [7, 11) is 3.56. The molecule has 4 heteroatoms. The van der Waals surface area contributed by atoms with Crippen LogP contribution < -0.4 is 5.32 Å². The monoisotopic (exact) mass is 300 g/mol. The van der Waals surface area contributed by atoms with Gasteiger partial charge in [0.15, 0.2) is 0 Å². The molecule has 21 heavy (non-hydrogen) atoms.